The number of rotatable bonds is 8. The van der Waals surface area contributed by atoms with Crippen molar-refractivity contribution >= 4 is 5.69 Å². The number of aliphatic hydroxyl groups is 1. The number of quaternary nitrogens is 1. The molecule has 0 aliphatic rings. The standard InChI is InChI=1S/C17H19FN2O4/c1-12(13-5-7-14(18)8-6-13)19-10-16(21)11-24-17-4-2-3-15(9-17)20(22)23/h2-9,12,16,19,21H,10-11H2,1H3/p+1/t12-,16-/m0/s1. The van der Waals surface area contributed by atoms with Crippen LogP contribution in [0.5, 0.6) is 5.75 Å². The normalized spacial score (nSPS) is 13.3. The molecule has 0 heterocycles. The fourth-order valence-electron chi connectivity index (χ4n) is 2.21. The number of ether oxygens (including phenoxy) is 1. The molecule has 2 rings (SSSR count). The molecule has 0 unspecified atom stereocenters. The number of non-ortho nitro benzene ring substituents is 1. The summed E-state index contributed by atoms with van der Waals surface area (Å²) >= 11 is 0. The van der Waals surface area contributed by atoms with Crippen molar-refractivity contribution in [1.29, 1.82) is 0 Å². The Hall–Kier alpha value is -2.51. The lowest BCUT2D eigenvalue weighted by molar-refractivity contribution is -0.698. The Kier molecular flexibility index (Phi) is 6.22. The van der Waals surface area contributed by atoms with E-state index < -0.39 is 11.0 Å². The van der Waals surface area contributed by atoms with Gasteiger partial charge in [0.2, 0.25) is 0 Å². The highest BCUT2D eigenvalue weighted by molar-refractivity contribution is 5.37. The summed E-state index contributed by atoms with van der Waals surface area (Å²) in [6, 6.07) is 12.1. The largest absolute Gasteiger partial charge is 0.490 e. The number of nitrogens with two attached hydrogens (primary N) is 1. The Morgan fingerprint density at radius 1 is 1.29 bits per heavy atom. The first kappa shape index (κ1) is 17.8. The molecule has 0 saturated carbocycles. The number of aliphatic hydroxyl groups excluding tert-OH is 1. The van der Waals surface area contributed by atoms with Gasteiger partial charge in [-0.2, -0.15) is 0 Å². The summed E-state index contributed by atoms with van der Waals surface area (Å²) in [6.45, 7) is 2.39. The maximum Gasteiger partial charge on any atom is 0.273 e. The molecule has 0 spiro atoms. The molecule has 0 fully saturated rings. The third-order valence-electron chi connectivity index (χ3n) is 3.63. The van der Waals surface area contributed by atoms with Crippen LogP contribution >= 0.6 is 0 Å². The van der Waals surface area contributed by atoms with Gasteiger partial charge in [-0.3, -0.25) is 10.1 Å². The number of hydrogen-bond donors (Lipinski definition) is 2. The monoisotopic (exact) mass is 335 g/mol. The Balaban J connectivity index is 1.79. The zero-order valence-electron chi connectivity index (χ0n) is 13.3. The van der Waals surface area contributed by atoms with Gasteiger partial charge < -0.3 is 15.2 Å². The Labute approximate surface area is 139 Å². The molecular formula is C17H20FN2O4+. The van der Waals surface area contributed by atoms with Crippen LogP contribution in [0.4, 0.5) is 10.1 Å². The van der Waals surface area contributed by atoms with Crippen LogP contribution in [-0.2, 0) is 0 Å². The van der Waals surface area contributed by atoms with Crippen molar-refractivity contribution in [1.82, 2.24) is 0 Å². The summed E-state index contributed by atoms with van der Waals surface area (Å²) in [5.74, 6) is 0.0613. The number of hydrogen-bond acceptors (Lipinski definition) is 4. The third-order valence-corrected chi connectivity index (χ3v) is 3.63. The van der Waals surface area contributed by atoms with Crippen LogP contribution in [0.25, 0.3) is 0 Å². The average Bonchev–Trinajstić information content (AvgIpc) is 2.58. The van der Waals surface area contributed by atoms with Crippen molar-refractivity contribution in [3.63, 3.8) is 0 Å². The lowest BCUT2D eigenvalue weighted by Gasteiger charge is -2.15. The number of nitro groups is 1. The summed E-state index contributed by atoms with van der Waals surface area (Å²) in [6.07, 6.45) is -0.729. The minimum absolute atomic E-state index is 0.0355. The number of benzene rings is 2. The third kappa shape index (κ3) is 5.29. The first-order valence-corrected chi connectivity index (χ1v) is 7.60. The van der Waals surface area contributed by atoms with Gasteiger partial charge in [0, 0.05) is 11.6 Å². The predicted octanol–water partition coefficient (Wildman–Crippen LogP) is 1.80. The summed E-state index contributed by atoms with van der Waals surface area (Å²) < 4.78 is 18.3. The van der Waals surface area contributed by atoms with Crippen LogP contribution < -0.4 is 10.1 Å². The maximum absolute atomic E-state index is 12.9. The summed E-state index contributed by atoms with van der Waals surface area (Å²) in [7, 11) is 0. The molecule has 0 bridgehead atoms. The van der Waals surface area contributed by atoms with Gasteiger partial charge in [0.05, 0.1) is 11.0 Å². The average molecular weight is 335 g/mol. The van der Waals surface area contributed by atoms with E-state index in [1.165, 1.54) is 30.3 Å². The highest BCUT2D eigenvalue weighted by atomic mass is 19.1. The fraction of sp³-hybridized carbons (Fsp3) is 0.294. The number of nitro benzene ring substituents is 1. The van der Waals surface area contributed by atoms with Crippen molar-refractivity contribution in [2.45, 2.75) is 19.1 Å². The number of nitrogens with zero attached hydrogens (tertiary/aromatic N) is 1. The van der Waals surface area contributed by atoms with Crippen molar-refractivity contribution in [2.75, 3.05) is 13.2 Å². The van der Waals surface area contributed by atoms with Gasteiger partial charge in [-0.05, 0) is 25.1 Å². The van der Waals surface area contributed by atoms with Gasteiger partial charge in [-0.1, -0.05) is 18.2 Å². The second kappa shape index (κ2) is 8.37. The smallest absolute Gasteiger partial charge is 0.273 e. The molecule has 128 valence electrons. The molecule has 0 aromatic heterocycles. The van der Waals surface area contributed by atoms with Crippen LogP contribution in [0.3, 0.4) is 0 Å². The van der Waals surface area contributed by atoms with Crippen LogP contribution in [0.1, 0.15) is 18.5 Å². The zero-order chi connectivity index (χ0) is 17.5. The lowest BCUT2D eigenvalue weighted by Crippen LogP contribution is -2.87. The molecule has 2 aromatic rings. The van der Waals surface area contributed by atoms with E-state index in [1.807, 2.05) is 12.2 Å². The molecule has 6 nitrogen and oxygen atoms in total. The number of halogens is 1. The molecule has 2 atom stereocenters. The Morgan fingerprint density at radius 3 is 2.67 bits per heavy atom. The van der Waals surface area contributed by atoms with Gasteiger partial charge in [-0.25, -0.2) is 4.39 Å². The molecule has 2 aromatic carbocycles. The van der Waals surface area contributed by atoms with Gasteiger partial charge in [-0.15, -0.1) is 0 Å². The van der Waals surface area contributed by atoms with Crippen LogP contribution in [0.15, 0.2) is 48.5 Å². The van der Waals surface area contributed by atoms with Gasteiger partial charge in [0.25, 0.3) is 5.69 Å². The van der Waals surface area contributed by atoms with Crippen LogP contribution in [0, 0.1) is 15.9 Å². The van der Waals surface area contributed by atoms with E-state index in [2.05, 4.69) is 0 Å². The Bertz CT molecular complexity index is 679. The summed E-state index contributed by atoms with van der Waals surface area (Å²) in [5, 5.41) is 22.6. The van der Waals surface area contributed by atoms with Crippen LogP contribution in [0.2, 0.25) is 0 Å². The van der Waals surface area contributed by atoms with Crippen molar-refractivity contribution in [2.24, 2.45) is 0 Å². The van der Waals surface area contributed by atoms with E-state index in [1.54, 1.807) is 18.2 Å². The second-order valence-electron chi connectivity index (χ2n) is 5.53. The molecule has 0 amide bonds. The minimum atomic E-state index is -0.729. The summed E-state index contributed by atoms with van der Waals surface area (Å²) in [5.41, 5.74) is 0.904. The molecule has 24 heavy (non-hydrogen) atoms. The van der Waals surface area contributed by atoms with E-state index in [4.69, 9.17) is 4.74 Å². The molecule has 0 aliphatic heterocycles. The van der Waals surface area contributed by atoms with Crippen molar-refractivity contribution < 1.29 is 24.5 Å². The van der Waals surface area contributed by atoms with Gasteiger partial charge >= 0.3 is 0 Å². The van der Waals surface area contributed by atoms with E-state index in [-0.39, 0.29) is 24.2 Å². The molecule has 3 N–H and O–H groups in total. The molecule has 0 saturated heterocycles. The van der Waals surface area contributed by atoms with Crippen LogP contribution in [-0.4, -0.2) is 29.3 Å². The molecule has 0 aliphatic carbocycles. The van der Waals surface area contributed by atoms with Gasteiger partial charge in [0.1, 0.15) is 36.9 Å². The fourth-order valence-corrected chi connectivity index (χ4v) is 2.21. The van der Waals surface area contributed by atoms with E-state index >= 15 is 0 Å². The van der Waals surface area contributed by atoms with E-state index in [0.29, 0.717) is 12.3 Å². The second-order valence-corrected chi connectivity index (χ2v) is 5.53. The topological polar surface area (TPSA) is 89.2 Å². The Morgan fingerprint density at radius 2 is 2.00 bits per heavy atom. The quantitative estimate of drug-likeness (QED) is 0.569. The summed E-state index contributed by atoms with van der Waals surface area (Å²) in [4.78, 5) is 10.2. The van der Waals surface area contributed by atoms with Gasteiger partial charge in [0.15, 0.2) is 0 Å². The maximum atomic E-state index is 12.9. The highest BCUT2D eigenvalue weighted by Gasteiger charge is 2.14. The SMILES string of the molecule is C[C@H]([NH2+]C[C@H](O)COc1cccc([N+](=O)[O-])c1)c1ccc(F)cc1. The molecule has 0 radical (unpaired) electrons. The lowest BCUT2D eigenvalue weighted by atomic mass is 10.1. The predicted molar refractivity (Wildman–Crippen MR) is 86.2 cm³/mol. The first-order chi connectivity index (χ1) is 11.5. The first-order valence-electron chi connectivity index (χ1n) is 7.60. The van der Waals surface area contributed by atoms with E-state index in [0.717, 1.165) is 5.56 Å². The minimum Gasteiger partial charge on any atom is -0.490 e. The van der Waals surface area contributed by atoms with Crippen molar-refractivity contribution in [3.05, 3.63) is 70.0 Å². The van der Waals surface area contributed by atoms with Crippen molar-refractivity contribution in [3.8, 4) is 5.75 Å². The highest BCUT2D eigenvalue weighted by Crippen LogP contribution is 2.19. The zero-order valence-corrected chi connectivity index (χ0v) is 13.3. The van der Waals surface area contributed by atoms with E-state index in [9.17, 15) is 19.6 Å². The molecule has 7 heteroatoms. The molecular weight excluding hydrogens is 315 g/mol.